The van der Waals surface area contributed by atoms with Crippen molar-refractivity contribution in [3.63, 3.8) is 0 Å². The quantitative estimate of drug-likeness (QED) is 0.237. The van der Waals surface area contributed by atoms with Crippen LogP contribution in [0.25, 0.3) is 0 Å². The van der Waals surface area contributed by atoms with Gasteiger partial charge in [0.25, 0.3) is 0 Å². The van der Waals surface area contributed by atoms with Gasteiger partial charge in [-0.25, -0.2) is 0 Å². The van der Waals surface area contributed by atoms with Gasteiger partial charge in [-0.3, -0.25) is 4.79 Å². The fourth-order valence-corrected chi connectivity index (χ4v) is 7.77. The van der Waals surface area contributed by atoms with Crippen molar-refractivity contribution in [3.05, 3.63) is 107 Å². The molecular formula is C37H43F6N3O. The van der Waals surface area contributed by atoms with E-state index in [4.69, 9.17) is 0 Å². The van der Waals surface area contributed by atoms with Crippen molar-refractivity contribution in [2.75, 3.05) is 27.2 Å². The molecule has 0 spiro atoms. The molecule has 1 amide bonds. The maximum atomic E-state index is 13.6. The van der Waals surface area contributed by atoms with E-state index in [1.54, 1.807) is 0 Å². The summed E-state index contributed by atoms with van der Waals surface area (Å²) in [7, 11) is 4.31. The fraction of sp³-hybridized carbons (Fsp3) is 0.486. The van der Waals surface area contributed by atoms with Gasteiger partial charge in [0, 0.05) is 24.7 Å². The minimum atomic E-state index is -5.54. The Labute approximate surface area is 273 Å². The van der Waals surface area contributed by atoms with Gasteiger partial charge in [0.05, 0.1) is 12.0 Å². The van der Waals surface area contributed by atoms with Crippen LogP contribution in [0.2, 0.25) is 0 Å². The van der Waals surface area contributed by atoms with Crippen LogP contribution >= 0.6 is 0 Å². The van der Waals surface area contributed by atoms with E-state index in [0.29, 0.717) is 18.9 Å². The number of hydrogen-bond acceptors (Lipinski definition) is 3. The van der Waals surface area contributed by atoms with Crippen LogP contribution in [-0.2, 0) is 23.2 Å². The molecule has 0 bridgehead atoms. The van der Waals surface area contributed by atoms with Gasteiger partial charge in [0.1, 0.15) is 0 Å². The first-order valence-corrected chi connectivity index (χ1v) is 16.3. The molecule has 2 fully saturated rings. The van der Waals surface area contributed by atoms with Crippen LogP contribution in [0.15, 0.2) is 84.9 Å². The molecule has 47 heavy (non-hydrogen) atoms. The van der Waals surface area contributed by atoms with Crippen molar-refractivity contribution in [3.8, 4) is 0 Å². The molecule has 1 saturated carbocycles. The average Bonchev–Trinajstić information content (AvgIpc) is 3.02. The highest BCUT2D eigenvalue weighted by Gasteiger charge is 2.58. The third-order valence-corrected chi connectivity index (χ3v) is 10.5. The Morgan fingerprint density at radius 1 is 0.809 bits per heavy atom. The first-order chi connectivity index (χ1) is 22.2. The van der Waals surface area contributed by atoms with E-state index in [1.165, 1.54) is 17.7 Å². The fourth-order valence-electron chi connectivity index (χ4n) is 7.77. The highest BCUT2D eigenvalue weighted by atomic mass is 19.4. The Morgan fingerprint density at radius 3 is 1.89 bits per heavy atom. The smallest absolute Gasteiger partial charge is 0.346 e. The van der Waals surface area contributed by atoms with E-state index >= 15 is 0 Å². The number of carbonyl (C=O) groups is 1. The molecule has 4 nitrogen and oxygen atoms in total. The van der Waals surface area contributed by atoms with Gasteiger partial charge in [-0.1, -0.05) is 84.9 Å². The molecule has 3 aromatic rings. The van der Waals surface area contributed by atoms with Crippen molar-refractivity contribution < 1.29 is 31.1 Å². The molecule has 1 aliphatic heterocycles. The summed E-state index contributed by atoms with van der Waals surface area (Å²) >= 11 is 0. The number of hydrogen-bond donors (Lipinski definition) is 1. The number of halogens is 6. The first-order valence-electron chi connectivity index (χ1n) is 16.3. The molecule has 1 heterocycles. The van der Waals surface area contributed by atoms with Crippen LogP contribution in [0.5, 0.6) is 0 Å². The second-order valence-electron chi connectivity index (χ2n) is 13.4. The number of nitrogens with zero attached hydrogens (tertiary/aromatic N) is 2. The van der Waals surface area contributed by atoms with Gasteiger partial charge in [-0.05, 0) is 81.3 Å². The Kier molecular flexibility index (Phi) is 10.4. The van der Waals surface area contributed by atoms with Gasteiger partial charge in [0.2, 0.25) is 5.91 Å². The molecule has 0 radical (unpaired) electrons. The number of alkyl halides is 6. The van der Waals surface area contributed by atoms with Crippen molar-refractivity contribution in [1.82, 2.24) is 15.1 Å². The molecule has 5 rings (SSSR count). The largest absolute Gasteiger partial charge is 0.404 e. The molecule has 10 heteroatoms. The van der Waals surface area contributed by atoms with E-state index in [-0.39, 0.29) is 11.1 Å². The molecule has 1 N–H and O–H groups in total. The average molecular weight is 660 g/mol. The predicted molar refractivity (Wildman–Crippen MR) is 171 cm³/mol. The third kappa shape index (κ3) is 8.03. The minimum Gasteiger partial charge on any atom is -0.346 e. The Bertz CT molecular complexity index is 1440. The van der Waals surface area contributed by atoms with Gasteiger partial charge in [-0.2, -0.15) is 26.3 Å². The molecule has 0 aromatic heterocycles. The number of nitrogens with one attached hydrogen (secondary N) is 1. The van der Waals surface area contributed by atoms with E-state index in [2.05, 4.69) is 53.5 Å². The molecule has 1 aliphatic carbocycles. The molecule has 1 saturated heterocycles. The van der Waals surface area contributed by atoms with Gasteiger partial charge in [-0.15, -0.1) is 0 Å². The molecule has 2 aliphatic rings. The van der Waals surface area contributed by atoms with E-state index in [1.807, 2.05) is 36.4 Å². The summed E-state index contributed by atoms with van der Waals surface area (Å²) in [5, 5.41) is 3.09. The maximum Gasteiger partial charge on any atom is 0.404 e. The highest BCUT2D eigenvalue weighted by molar-refractivity contribution is 5.80. The second kappa shape index (κ2) is 14.0. The summed E-state index contributed by atoms with van der Waals surface area (Å²) in [5.41, 5.74) is 0.290. The van der Waals surface area contributed by atoms with E-state index in [0.717, 1.165) is 62.9 Å². The van der Waals surface area contributed by atoms with Crippen LogP contribution in [0, 0.1) is 0 Å². The summed E-state index contributed by atoms with van der Waals surface area (Å²) in [5.74, 6) is -4.27. The Hall–Kier alpha value is -3.37. The second-order valence-corrected chi connectivity index (χ2v) is 13.4. The number of carbonyl (C=O) groups excluding carboxylic acids is 1. The number of amides is 1. The predicted octanol–water partition coefficient (Wildman–Crippen LogP) is 8.03. The lowest BCUT2D eigenvalue weighted by molar-refractivity contribution is -0.253. The summed E-state index contributed by atoms with van der Waals surface area (Å²) in [6, 6.07) is 24.8. The topological polar surface area (TPSA) is 35.6 Å². The monoisotopic (exact) mass is 659 g/mol. The summed E-state index contributed by atoms with van der Waals surface area (Å²) in [6.45, 7) is 1.91. The lowest BCUT2D eigenvalue weighted by atomic mass is 9.73. The Balaban J connectivity index is 1.29. The molecule has 0 unspecified atom stereocenters. The number of piperidine rings is 1. The van der Waals surface area contributed by atoms with Gasteiger partial charge in [0.15, 0.2) is 5.92 Å². The lowest BCUT2D eigenvalue weighted by Gasteiger charge is -2.50. The minimum absolute atomic E-state index is 0.0713. The zero-order valence-electron chi connectivity index (χ0n) is 26.9. The van der Waals surface area contributed by atoms with Crippen LogP contribution < -0.4 is 5.32 Å². The summed E-state index contributed by atoms with van der Waals surface area (Å²) in [4.78, 5) is 18.4. The number of rotatable bonds is 9. The molecule has 254 valence electrons. The van der Waals surface area contributed by atoms with Crippen molar-refractivity contribution >= 4 is 5.91 Å². The standard InChI is InChI=1S/C37H43F6N3O/c1-45(2)34(26-27-11-5-3-6-12-27)21-23-46(24-22-34)30-17-19-35(20-18-30,29-14-7-4-8-15-29)44-32(47)25-28-13-9-10-16-31(28)33(36(38,39)40)37(41,42)43/h3-16,30,33H,17-26H2,1-2H3,(H,44,47). The van der Waals surface area contributed by atoms with Crippen LogP contribution in [0.3, 0.4) is 0 Å². The first kappa shape index (κ1) is 35.0. The van der Waals surface area contributed by atoms with Crippen molar-refractivity contribution in [2.24, 2.45) is 0 Å². The zero-order valence-corrected chi connectivity index (χ0v) is 26.9. The van der Waals surface area contributed by atoms with E-state index < -0.39 is 41.7 Å². The normalized spacial score (nSPS) is 22.4. The maximum absolute atomic E-state index is 13.6. The lowest BCUT2D eigenvalue weighted by Crippen LogP contribution is -2.57. The summed E-state index contributed by atoms with van der Waals surface area (Å²) in [6.07, 6.45) is -5.79. The van der Waals surface area contributed by atoms with Crippen molar-refractivity contribution in [1.29, 1.82) is 0 Å². The zero-order chi connectivity index (χ0) is 33.9. The summed E-state index contributed by atoms with van der Waals surface area (Å²) < 4.78 is 81.7. The van der Waals surface area contributed by atoms with Crippen LogP contribution in [0.1, 0.15) is 66.7 Å². The molecular weight excluding hydrogens is 616 g/mol. The SMILES string of the molecule is CN(C)C1(Cc2ccccc2)CCN(C2CCC(NC(=O)Cc3ccccc3C(C(F)(F)F)C(F)(F)F)(c3ccccc3)CC2)CC1. The van der Waals surface area contributed by atoms with Crippen LogP contribution in [-0.4, -0.2) is 66.8 Å². The molecule has 3 aromatic carbocycles. The van der Waals surface area contributed by atoms with Crippen molar-refractivity contribution in [2.45, 2.75) is 86.8 Å². The Morgan fingerprint density at radius 2 is 1.34 bits per heavy atom. The van der Waals surface area contributed by atoms with Gasteiger partial charge < -0.3 is 15.1 Å². The number of likely N-dealkylation sites (N-methyl/N-ethyl adjacent to an activating group) is 1. The highest BCUT2D eigenvalue weighted by Crippen LogP contribution is 2.47. The number of benzene rings is 3. The van der Waals surface area contributed by atoms with Crippen LogP contribution in [0.4, 0.5) is 26.3 Å². The molecule has 0 atom stereocenters. The van der Waals surface area contributed by atoms with E-state index in [9.17, 15) is 31.1 Å². The van der Waals surface area contributed by atoms with Gasteiger partial charge >= 0.3 is 12.4 Å². The third-order valence-electron chi connectivity index (χ3n) is 10.5. The number of likely N-dealkylation sites (tertiary alicyclic amines) is 1.